The van der Waals surface area contributed by atoms with Gasteiger partial charge in [0.2, 0.25) is 0 Å². The van der Waals surface area contributed by atoms with Crippen LogP contribution in [0.2, 0.25) is 30.7 Å². The third-order valence-electron chi connectivity index (χ3n) is 4.59. The van der Waals surface area contributed by atoms with Crippen molar-refractivity contribution in [3.63, 3.8) is 0 Å². The maximum absolute atomic E-state index is 5.92. The second-order valence-corrected chi connectivity index (χ2v) is 15.7. The Morgan fingerprint density at radius 3 is 1.68 bits per heavy atom. The summed E-state index contributed by atoms with van der Waals surface area (Å²) in [6, 6.07) is 1.05. The highest BCUT2D eigenvalue weighted by atomic mass is 28.4. The Bertz CT molecular complexity index is 259. The summed E-state index contributed by atoms with van der Waals surface area (Å²) in [4.78, 5) is 0. The van der Waals surface area contributed by atoms with E-state index in [1.807, 2.05) is 0 Å². The molecular weight excluding hydrogens is 270 g/mol. The van der Waals surface area contributed by atoms with Gasteiger partial charge in [0.15, 0.2) is 0 Å². The van der Waals surface area contributed by atoms with E-state index < -0.39 is 16.8 Å². The van der Waals surface area contributed by atoms with Crippen molar-refractivity contribution in [1.82, 2.24) is 4.57 Å². The van der Waals surface area contributed by atoms with E-state index in [0.717, 1.165) is 25.8 Å². The summed E-state index contributed by atoms with van der Waals surface area (Å²) in [5, 5.41) is 0.386. The highest BCUT2D eigenvalue weighted by Crippen LogP contribution is 2.37. The summed E-state index contributed by atoms with van der Waals surface area (Å²) in [5.41, 5.74) is 0. The SMILES string of the molecule is CCO[Si](C)(CCN(C)[Si](C)(C)C(C)(C)C)OCC. The molecular formula is C14H35NO2Si2. The highest BCUT2D eigenvalue weighted by molar-refractivity contribution is 6.77. The van der Waals surface area contributed by atoms with E-state index in [2.05, 4.69) is 65.9 Å². The minimum atomic E-state index is -1.97. The van der Waals surface area contributed by atoms with Gasteiger partial charge < -0.3 is 13.4 Å². The van der Waals surface area contributed by atoms with Crippen LogP contribution in [0.5, 0.6) is 0 Å². The van der Waals surface area contributed by atoms with Gasteiger partial charge in [-0.2, -0.15) is 0 Å². The van der Waals surface area contributed by atoms with Crippen molar-refractivity contribution < 1.29 is 8.85 Å². The van der Waals surface area contributed by atoms with E-state index in [4.69, 9.17) is 8.85 Å². The molecule has 19 heavy (non-hydrogen) atoms. The summed E-state index contributed by atoms with van der Waals surface area (Å²) in [6.07, 6.45) is 0. The molecule has 0 saturated carbocycles. The van der Waals surface area contributed by atoms with Crippen molar-refractivity contribution in [3.05, 3.63) is 0 Å². The van der Waals surface area contributed by atoms with E-state index in [9.17, 15) is 0 Å². The maximum atomic E-state index is 5.92. The molecule has 0 bridgehead atoms. The zero-order valence-electron chi connectivity index (χ0n) is 14.6. The summed E-state index contributed by atoms with van der Waals surface area (Å²) >= 11 is 0. The molecule has 0 unspecified atom stereocenters. The maximum Gasteiger partial charge on any atom is 0.336 e. The monoisotopic (exact) mass is 305 g/mol. The number of hydrogen-bond acceptors (Lipinski definition) is 3. The second-order valence-electron chi connectivity index (χ2n) is 6.98. The average molecular weight is 306 g/mol. The first kappa shape index (κ1) is 19.3. The van der Waals surface area contributed by atoms with Crippen LogP contribution in [0.25, 0.3) is 0 Å². The van der Waals surface area contributed by atoms with Gasteiger partial charge in [0.1, 0.15) is 8.24 Å². The van der Waals surface area contributed by atoms with Gasteiger partial charge in [-0.05, 0) is 39.0 Å². The lowest BCUT2D eigenvalue weighted by Crippen LogP contribution is -2.54. The molecule has 0 atom stereocenters. The molecule has 0 spiro atoms. The predicted octanol–water partition coefficient (Wildman–Crippen LogP) is 4.07. The molecule has 0 heterocycles. The minimum Gasteiger partial charge on any atom is -0.395 e. The van der Waals surface area contributed by atoms with Crippen LogP contribution in [-0.2, 0) is 8.85 Å². The quantitative estimate of drug-likeness (QED) is 0.631. The van der Waals surface area contributed by atoms with Crippen LogP contribution in [0.1, 0.15) is 34.6 Å². The molecule has 0 aliphatic carbocycles. The summed E-state index contributed by atoms with van der Waals surface area (Å²) in [7, 11) is -1.11. The Morgan fingerprint density at radius 2 is 1.37 bits per heavy atom. The fourth-order valence-corrected chi connectivity index (χ4v) is 6.39. The lowest BCUT2D eigenvalue weighted by molar-refractivity contribution is 0.187. The van der Waals surface area contributed by atoms with Gasteiger partial charge in [-0.15, -0.1) is 0 Å². The molecule has 0 amide bonds. The highest BCUT2D eigenvalue weighted by Gasteiger charge is 2.40. The van der Waals surface area contributed by atoms with Crippen LogP contribution in [0, 0.1) is 0 Å². The Balaban J connectivity index is 4.61. The van der Waals surface area contributed by atoms with E-state index in [1.54, 1.807) is 0 Å². The van der Waals surface area contributed by atoms with Gasteiger partial charge >= 0.3 is 8.56 Å². The molecule has 0 N–H and O–H groups in total. The third-order valence-corrected chi connectivity index (χ3v) is 13.3. The fraction of sp³-hybridized carbons (Fsp3) is 1.00. The number of nitrogens with zero attached hydrogens (tertiary/aromatic N) is 1. The Morgan fingerprint density at radius 1 is 0.947 bits per heavy atom. The smallest absolute Gasteiger partial charge is 0.336 e. The van der Waals surface area contributed by atoms with Gasteiger partial charge in [0.05, 0.1) is 0 Å². The summed E-state index contributed by atoms with van der Waals surface area (Å²) in [5.74, 6) is 0. The molecule has 0 saturated heterocycles. The lowest BCUT2D eigenvalue weighted by Gasteiger charge is -2.44. The molecule has 0 fully saturated rings. The van der Waals surface area contributed by atoms with Crippen molar-refractivity contribution in [2.75, 3.05) is 26.8 Å². The second kappa shape index (κ2) is 7.36. The zero-order valence-corrected chi connectivity index (χ0v) is 16.6. The third kappa shape index (κ3) is 5.67. The molecule has 0 aromatic heterocycles. The molecule has 0 rings (SSSR count). The number of hydrogen-bond donors (Lipinski definition) is 0. The van der Waals surface area contributed by atoms with E-state index in [0.29, 0.717) is 5.04 Å². The van der Waals surface area contributed by atoms with Gasteiger partial charge in [0, 0.05) is 19.3 Å². The molecule has 0 radical (unpaired) electrons. The van der Waals surface area contributed by atoms with Crippen molar-refractivity contribution in [3.8, 4) is 0 Å². The van der Waals surface area contributed by atoms with Crippen LogP contribution in [-0.4, -0.2) is 48.2 Å². The Hall–Kier alpha value is 0.314. The first-order chi connectivity index (χ1) is 8.50. The van der Waals surface area contributed by atoms with Crippen LogP contribution in [0.15, 0.2) is 0 Å². The van der Waals surface area contributed by atoms with Crippen molar-refractivity contribution in [2.24, 2.45) is 0 Å². The average Bonchev–Trinajstić information content (AvgIpc) is 2.25. The Labute approximate surface area is 123 Å². The first-order valence-electron chi connectivity index (χ1n) is 7.49. The summed E-state index contributed by atoms with van der Waals surface area (Å²) in [6.45, 7) is 20.9. The largest absolute Gasteiger partial charge is 0.395 e. The predicted molar refractivity (Wildman–Crippen MR) is 89.5 cm³/mol. The molecule has 116 valence electrons. The zero-order chi connectivity index (χ0) is 15.3. The topological polar surface area (TPSA) is 21.7 Å². The molecule has 3 nitrogen and oxygen atoms in total. The van der Waals surface area contributed by atoms with Gasteiger partial charge in [-0.3, -0.25) is 0 Å². The van der Waals surface area contributed by atoms with Crippen LogP contribution in [0.3, 0.4) is 0 Å². The number of rotatable bonds is 8. The molecule has 5 heteroatoms. The normalized spacial score (nSPS) is 14.2. The van der Waals surface area contributed by atoms with E-state index >= 15 is 0 Å². The molecule has 0 aliphatic heterocycles. The van der Waals surface area contributed by atoms with Gasteiger partial charge in [-0.25, -0.2) is 0 Å². The lowest BCUT2D eigenvalue weighted by atomic mass is 10.2. The van der Waals surface area contributed by atoms with Gasteiger partial charge in [0.25, 0.3) is 0 Å². The van der Waals surface area contributed by atoms with Crippen molar-refractivity contribution in [2.45, 2.75) is 65.3 Å². The van der Waals surface area contributed by atoms with Crippen LogP contribution >= 0.6 is 0 Å². The van der Waals surface area contributed by atoms with Crippen LogP contribution < -0.4 is 0 Å². The van der Waals surface area contributed by atoms with E-state index in [1.165, 1.54) is 0 Å². The fourth-order valence-electron chi connectivity index (χ4n) is 2.02. The van der Waals surface area contributed by atoms with Crippen molar-refractivity contribution >= 4 is 16.8 Å². The van der Waals surface area contributed by atoms with E-state index in [-0.39, 0.29) is 0 Å². The summed E-state index contributed by atoms with van der Waals surface area (Å²) < 4.78 is 14.4. The molecule has 0 aromatic carbocycles. The minimum absolute atomic E-state index is 0.386. The molecule has 0 aromatic rings. The van der Waals surface area contributed by atoms with Crippen LogP contribution in [0.4, 0.5) is 0 Å². The first-order valence-corrected chi connectivity index (χ1v) is 13.0. The van der Waals surface area contributed by atoms with Crippen molar-refractivity contribution in [1.29, 1.82) is 0 Å². The molecule has 0 aliphatic rings. The van der Waals surface area contributed by atoms with Gasteiger partial charge in [-0.1, -0.05) is 33.9 Å². The standard InChI is InChI=1S/C14H35NO2Si2/c1-10-16-19(9,17-11-2)13-12-15(6)18(7,8)14(3,4)5/h10-13H2,1-9H3. The Kier molecular flexibility index (Phi) is 7.48.